The molecule has 0 aliphatic heterocycles. The fourth-order valence-electron chi connectivity index (χ4n) is 5.23. The lowest BCUT2D eigenvalue weighted by atomic mass is 9.79. The van der Waals surface area contributed by atoms with E-state index >= 15 is 0 Å². The molecule has 0 amide bonds. The summed E-state index contributed by atoms with van der Waals surface area (Å²) in [6, 6.07) is 0. The zero-order valence-corrected chi connectivity index (χ0v) is 18.9. The van der Waals surface area contributed by atoms with E-state index in [-0.39, 0.29) is 23.4 Å². The summed E-state index contributed by atoms with van der Waals surface area (Å²) in [5.41, 5.74) is -0.275. The number of ether oxygens (including phenoxy) is 1. The predicted molar refractivity (Wildman–Crippen MR) is 117 cm³/mol. The van der Waals surface area contributed by atoms with Crippen LogP contribution in [-0.4, -0.2) is 22.6 Å². The van der Waals surface area contributed by atoms with Gasteiger partial charge in [0.25, 0.3) is 0 Å². The number of hydrogen-bond donors (Lipinski definition) is 1. The largest absolute Gasteiger partial charge is 0.481 e. The van der Waals surface area contributed by atoms with Gasteiger partial charge in [-0.2, -0.15) is 0 Å². The van der Waals surface area contributed by atoms with E-state index in [1.807, 2.05) is 0 Å². The first-order chi connectivity index (χ1) is 13.9. The lowest BCUT2D eigenvalue weighted by Crippen LogP contribution is -2.40. The lowest BCUT2D eigenvalue weighted by Gasteiger charge is -2.39. The van der Waals surface area contributed by atoms with Gasteiger partial charge in [0.15, 0.2) is 0 Å². The summed E-state index contributed by atoms with van der Waals surface area (Å²) < 4.78 is 6.19. The van der Waals surface area contributed by atoms with E-state index in [1.165, 1.54) is 44.9 Å². The highest BCUT2D eigenvalue weighted by Crippen LogP contribution is 2.39. The molecule has 2 aliphatic rings. The van der Waals surface area contributed by atoms with Crippen LogP contribution in [0.4, 0.5) is 0 Å². The highest BCUT2D eigenvalue weighted by atomic mass is 16.6. The number of carboxylic acid groups (broad SMARTS) is 1. The Bertz CT molecular complexity index is 493. The number of aliphatic carboxylic acids is 1. The molecule has 2 saturated carbocycles. The third kappa shape index (κ3) is 8.68. The average molecular weight is 409 g/mol. The zero-order chi connectivity index (χ0) is 21.1. The molecule has 0 spiro atoms. The van der Waals surface area contributed by atoms with Crippen LogP contribution in [0, 0.1) is 17.8 Å². The fraction of sp³-hybridized carbons (Fsp3) is 0.920. The van der Waals surface area contributed by atoms with Crippen LogP contribution in [0.25, 0.3) is 0 Å². The lowest BCUT2D eigenvalue weighted by molar-refractivity contribution is -0.172. The highest BCUT2D eigenvalue weighted by Gasteiger charge is 2.39. The third-order valence-corrected chi connectivity index (χ3v) is 7.10. The van der Waals surface area contributed by atoms with E-state index in [0.717, 1.165) is 57.3 Å². The number of carbonyl (C=O) groups is 2. The Hall–Kier alpha value is -1.06. The summed E-state index contributed by atoms with van der Waals surface area (Å²) in [7, 11) is 0. The number of carbonyl (C=O) groups excluding carboxylic acids is 1. The Labute approximate surface area is 178 Å². The topological polar surface area (TPSA) is 63.6 Å². The maximum Gasteiger partial charge on any atom is 0.309 e. The van der Waals surface area contributed by atoms with Crippen LogP contribution in [-0.2, 0) is 14.3 Å². The number of rotatable bonds is 12. The Balaban J connectivity index is 1.75. The molecule has 2 unspecified atom stereocenters. The summed E-state index contributed by atoms with van der Waals surface area (Å²) in [4.78, 5) is 24.2. The fourth-order valence-corrected chi connectivity index (χ4v) is 5.23. The number of carboxylic acids is 1. The van der Waals surface area contributed by atoms with Gasteiger partial charge in [0.05, 0.1) is 11.8 Å². The summed E-state index contributed by atoms with van der Waals surface area (Å²) in [5.74, 6) is -0.662. The molecule has 29 heavy (non-hydrogen) atoms. The van der Waals surface area contributed by atoms with Gasteiger partial charge in [0.1, 0.15) is 5.60 Å². The van der Waals surface area contributed by atoms with Gasteiger partial charge in [-0.3, -0.25) is 9.59 Å². The van der Waals surface area contributed by atoms with E-state index in [0.29, 0.717) is 12.8 Å². The maximum absolute atomic E-state index is 12.9. The van der Waals surface area contributed by atoms with Crippen LogP contribution in [0.2, 0.25) is 0 Å². The summed E-state index contributed by atoms with van der Waals surface area (Å²) in [6.45, 7) is 4.58. The second-order valence-corrected chi connectivity index (χ2v) is 10.1. The standard InChI is InChI=1S/C25H44O4/c1-20(2)13-8-5-3-4-6-9-16-25(17-10-7-11-18-25)29-24(28)22-15-12-14-21(19-22)23(26)27/h20-22H,3-19H2,1-2H3,(H,26,27). The first kappa shape index (κ1) is 24.2. The molecule has 0 saturated heterocycles. The van der Waals surface area contributed by atoms with Gasteiger partial charge in [-0.25, -0.2) is 0 Å². The Morgan fingerprint density at radius 3 is 2.17 bits per heavy atom. The van der Waals surface area contributed by atoms with Gasteiger partial charge in [-0.1, -0.05) is 65.2 Å². The van der Waals surface area contributed by atoms with Gasteiger partial charge in [0.2, 0.25) is 0 Å². The normalized spacial score (nSPS) is 24.4. The van der Waals surface area contributed by atoms with Gasteiger partial charge < -0.3 is 9.84 Å². The molecule has 0 bridgehead atoms. The van der Waals surface area contributed by atoms with Crippen LogP contribution in [0.15, 0.2) is 0 Å². The van der Waals surface area contributed by atoms with E-state index < -0.39 is 5.97 Å². The smallest absolute Gasteiger partial charge is 0.309 e. The first-order valence-electron chi connectivity index (χ1n) is 12.4. The minimum absolute atomic E-state index is 0.119. The van der Waals surface area contributed by atoms with Crippen LogP contribution in [0.3, 0.4) is 0 Å². The number of unbranched alkanes of at least 4 members (excludes halogenated alkanes) is 5. The van der Waals surface area contributed by atoms with Gasteiger partial charge in [-0.05, 0) is 63.7 Å². The summed E-state index contributed by atoms with van der Waals surface area (Å²) >= 11 is 0. The van der Waals surface area contributed by atoms with Crippen LogP contribution in [0.5, 0.6) is 0 Å². The van der Waals surface area contributed by atoms with Crippen LogP contribution in [0.1, 0.15) is 123 Å². The highest BCUT2D eigenvalue weighted by molar-refractivity contribution is 5.76. The average Bonchev–Trinajstić information content (AvgIpc) is 2.70. The van der Waals surface area contributed by atoms with Gasteiger partial charge in [0, 0.05) is 0 Å². The SMILES string of the molecule is CC(C)CCCCCCCCC1(OC(=O)C2CCCC(C(=O)O)C2)CCCCC1. The molecule has 2 fully saturated rings. The zero-order valence-electron chi connectivity index (χ0n) is 18.9. The molecule has 0 radical (unpaired) electrons. The van der Waals surface area contributed by atoms with E-state index in [1.54, 1.807) is 0 Å². The second kappa shape index (κ2) is 12.6. The van der Waals surface area contributed by atoms with Gasteiger partial charge in [-0.15, -0.1) is 0 Å². The van der Waals surface area contributed by atoms with Gasteiger partial charge >= 0.3 is 11.9 Å². The van der Waals surface area contributed by atoms with E-state index in [2.05, 4.69) is 13.8 Å². The molecule has 168 valence electrons. The number of esters is 1. The van der Waals surface area contributed by atoms with Crippen molar-refractivity contribution in [2.75, 3.05) is 0 Å². The Kier molecular flexibility index (Phi) is 10.5. The van der Waals surface area contributed by atoms with Crippen molar-refractivity contribution in [3.8, 4) is 0 Å². The van der Waals surface area contributed by atoms with Crippen molar-refractivity contribution in [2.45, 2.75) is 129 Å². The molecular weight excluding hydrogens is 364 g/mol. The molecule has 2 atom stereocenters. The van der Waals surface area contributed by atoms with Crippen LogP contribution >= 0.6 is 0 Å². The van der Waals surface area contributed by atoms with E-state index in [9.17, 15) is 14.7 Å². The summed E-state index contributed by atoms with van der Waals surface area (Å²) in [5, 5.41) is 9.31. The third-order valence-electron chi connectivity index (χ3n) is 7.10. The molecule has 4 nitrogen and oxygen atoms in total. The Morgan fingerprint density at radius 1 is 0.897 bits per heavy atom. The maximum atomic E-state index is 12.9. The monoisotopic (exact) mass is 408 g/mol. The molecule has 0 heterocycles. The van der Waals surface area contributed by atoms with Crippen molar-refractivity contribution in [2.24, 2.45) is 17.8 Å². The predicted octanol–water partition coefficient (Wildman–Crippen LogP) is 6.90. The van der Waals surface area contributed by atoms with Crippen LogP contribution < -0.4 is 0 Å². The van der Waals surface area contributed by atoms with Crippen molar-refractivity contribution in [1.29, 1.82) is 0 Å². The molecule has 4 heteroatoms. The molecule has 0 aromatic carbocycles. The Morgan fingerprint density at radius 2 is 1.52 bits per heavy atom. The minimum Gasteiger partial charge on any atom is -0.481 e. The quantitative estimate of drug-likeness (QED) is 0.282. The minimum atomic E-state index is -0.761. The van der Waals surface area contributed by atoms with E-state index in [4.69, 9.17) is 4.74 Å². The molecule has 0 aromatic heterocycles. The first-order valence-corrected chi connectivity index (χ1v) is 12.4. The number of hydrogen-bond acceptors (Lipinski definition) is 3. The molecule has 2 rings (SSSR count). The van der Waals surface area contributed by atoms with Crippen molar-refractivity contribution in [3.63, 3.8) is 0 Å². The molecule has 0 aromatic rings. The summed E-state index contributed by atoms with van der Waals surface area (Å²) in [6.07, 6.45) is 18.2. The molecule has 1 N–H and O–H groups in total. The molecular formula is C25H44O4. The van der Waals surface area contributed by atoms with Crippen molar-refractivity contribution >= 4 is 11.9 Å². The molecule has 2 aliphatic carbocycles. The van der Waals surface area contributed by atoms with Crippen molar-refractivity contribution < 1.29 is 19.4 Å². The second-order valence-electron chi connectivity index (χ2n) is 10.1. The van der Waals surface area contributed by atoms with Crippen molar-refractivity contribution in [3.05, 3.63) is 0 Å². The van der Waals surface area contributed by atoms with Crippen molar-refractivity contribution in [1.82, 2.24) is 0 Å².